The third-order valence-electron chi connectivity index (χ3n) is 2.67. The van der Waals surface area contributed by atoms with Crippen LogP contribution in [0, 0.1) is 5.82 Å². The summed E-state index contributed by atoms with van der Waals surface area (Å²) in [7, 11) is 3.01. The highest BCUT2D eigenvalue weighted by Crippen LogP contribution is 2.28. The van der Waals surface area contributed by atoms with Gasteiger partial charge in [0, 0.05) is 36.5 Å². The van der Waals surface area contributed by atoms with E-state index in [0.717, 1.165) is 10.6 Å². The molecule has 108 valence electrons. The largest absolute Gasteiger partial charge is 0.380 e. The molecule has 0 bridgehead atoms. The van der Waals surface area contributed by atoms with Crippen LogP contribution in [0.25, 0.3) is 0 Å². The van der Waals surface area contributed by atoms with Gasteiger partial charge in [-0.1, -0.05) is 11.6 Å². The minimum Gasteiger partial charge on any atom is -0.380 e. The molecule has 0 aliphatic carbocycles. The van der Waals surface area contributed by atoms with Gasteiger partial charge in [0.2, 0.25) is 0 Å². The summed E-state index contributed by atoms with van der Waals surface area (Å²) in [6.45, 7) is 0.545. The number of thiazole rings is 1. The molecule has 1 aromatic heterocycles. The quantitative estimate of drug-likeness (QED) is 0.822. The van der Waals surface area contributed by atoms with Gasteiger partial charge in [-0.3, -0.25) is 0 Å². The zero-order valence-electron chi connectivity index (χ0n) is 11.0. The summed E-state index contributed by atoms with van der Waals surface area (Å²) < 4.78 is 24.2. The number of anilines is 1. The molecule has 0 spiro atoms. The van der Waals surface area contributed by atoms with Gasteiger partial charge in [-0.25, -0.2) is 9.37 Å². The zero-order chi connectivity index (χ0) is 14.5. The molecule has 0 radical (unpaired) electrons. The molecule has 2 rings (SSSR count). The van der Waals surface area contributed by atoms with Gasteiger partial charge in [0.15, 0.2) is 10.8 Å². The topological polar surface area (TPSA) is 43.4 Å². The van der Waals surface area contributed by atoms with Gasteiger partial charge in [-0.15, -0.1) is 11.3 Å². The summed E-state index contributed by atoms with van der Waals surface area (Å²) in [6.07, 6.45) is 1.08. The van der Waals surface area contributed by atoms with Gasteiger partial charge in [-0.2, -0.15) is 0 Å². The highest BCUT2D eigenvalue weighted by molar-refractivity contribution is 7.15. The lowest BCUT2D eigenvalue weighted by Gasteiger charge is -2.18. The Morgan fingerprint density at radius 1 is 1.40 bits per heavy atom. The van der Waals surface area contributed by atoms with Crippen molar-refractivity contribution in [2.24, 2.45) is 0 Å². The van der Waals surface area contributed by atoms with E-state index in [2.05, 4.69) is 10.3 Å². The van der Waals surface area contributed by atoms with Crippen LogP contribution in [0.2, 0.25) is 4.47 Å². The molecule has 0 saturated heterocycles. The molecule has 1 N–H and O–H groups in total. The Bertz CT molecular complexity index is 575. The fourth-order valence-electron chi connectivity index (χ4n) is 1.79. The highest BCUT2D eigenvalue weighted by Gasteiger charge is 2.15. The molecule has 0 unspecified atom stereocenters. The normalized spacial score (nSPS) is 11.1. The molecule has 0 aliphatic rings. The van der Waals surface area contributed by atoms with Gasteiger partial charge >= 0.3 is 0 Å². The zero-order valence-corrected chi connectivity index (χ0v) is 12.6. The number of aromatic nitrogens is 1. The Hall–Kier alpha value is -1.21. The molecule has 0 saturated carbocycles. The number of nitrogens with one attached hydrogen (secondary N) is 1. The second kappa shape index (κ2) is 6.99. The van der Waals surface area contributed by atoms with Crippen LogP contribution in [-0.4, -0.2) is 19.2 Å². The number of hydrogen-bond acceptors (Lipinski definition) is 5. The number of nitrogens with zero attached hydrogens (tertiary/aromatic N) is 1. The SMILES string of the molecule is COC(OC)c1cc(F)ccc1NCc1cnc(Cl)s1. The smallest absolute Gasteiger partial charge is 0.185 e. The molecule has 7 heteroatoms. The number of halogens is 2. The molecule has 2 aromatic rings. The van der Waals surface area contributed by atoms with E-state index in [1.807, 2.05) is 0 Å². The molecule has 0 amide bonds. The minimum atomic E-state index is -0.627. The first kappa shape index (κ1) is 15.2. The van der Waals surface area contributed by atoms with E-state index in [-0.39, 0.29) is 5.82 Å². The van der Waals surface area contributed by atoms with E-state index in [1.54, 1.807) is 12.3 Å². The average Bonchev–Trinajstić information content (AvgIpc) is 2.85. The Labute approximate surface area is 125 Å². The summed E-state index contributed by atoms with van der Waals surface area (Å²) in [6, 6.07) is 4.42. The van der Waals surface area contributed by atoms with Crippen molar-refractivity contribution in [2.75, 3.05) is 19.5 Å². The van der Waals surface area contributed by atoms with Crippen molar-refractivity contribution in [3.8, 4) is 0 Å². The summed E-state index contributed by atoms with van der Waals surface area (Å²) in [5.41, 5.74) is 1.34. The van der Waals surface area contributed by atoms with Crippen molar-refractivity contribution in [1.29, 1.82) is 0 Å². The Morgan fingerprint density at radius 3 is 2.75 bits per heavy atom. The molecule has 20 heavy (non-hydrogen) atoms. The van der Waals surface area contributed by atoms with Crippen LogP contribution in [0.1, 0.15) is 16.7 Å². The van der Waals surface area contributed by atoms with Gasteiger partial charge in [-0.05, 0) is 18.2 Å². The van der Waals surface area contributed by atoms with Crippen molar-refractivity contribution in [3.05, 3.63) is 45.1 Å². The first-order valence-corrected chi connectivity index (χ1v) is 7.02. The lowest BCUT2D eigenvalue weighted by molar-refractivity contribution is -0.105. The van der Waals surface area contributed by atoms with E-state index in [9.17, 15) is 4.39 Å². The molecule has 1 aromatic carbocycles. The van der Waals surface area contributed by atoms with E-state index >= 15 is 0 Å². The van der Waals surface area contributed by atoms with Crippen LogP contribution >= 0.6 is 22.9 Å². The number of ether oxygens (including phenoxy) is 2. The first-order valence-electron chi connectivity index (χ1n) is 5.83. The van der Waals surface area contributed by atoms with Crippen molar-refractivity contribution in [3.63, 3.8) is 0 Å². The highest BCUT2D eigenvalue weighted by atomic mass is 35.5. The Kier molecular flexibility index (Phi) is 5.31. The molecular formula is C13H14ClFN2O2S. The number of benzene rings is 1. The van der Waals surface area contributed by atoms with Gasteiger partial charge in [0.05, 0.1) is 6.54 Å². The number of hydrogen-bond donors (Lipinski definition) is 1. The summed E-state index contributed by atoms with van der Waals surface area (Å²) in [4.78, 5) is 4.95. The van der Waals surface area contributed by atoms with E-state index in [0.29, 0.717) is 16.6 Å². The predicted molar refractivity (Wildman–Crippen MR) is 77.6 cm³/mol. The predicted octanol–water partition coefficient (Wildman–Crippen LogP) is 3.84. The lowest BCUT2D eigenvalue weighted by atomic mass is 10.1. The second-order valence-electron chi connectivity index (χ2n) is 3.97. The first-order chi connectivity index (χ1) is 9.63. The van der Waals surface area contributed by atoms with E-state index < -0.39 is 6.29 Å². The van der Waals surface area contributed by atoms with Crippen molar-refractivity contribution >= 4 is 28.6 Å². The standard InChI is InChI=1S/C13H14ClFN2O2S/c1-18-12(19-2)10-5-8(15)3-4-11(10)16-6-9-7-17-13(14)20-9/h3-5,7,12,16H,6H2,1-2H3. The third-order valence-corrected chi connectivity index (χ3v) is 3.79. The second-order valence-corrected chi connectivity index (χ2v) is 5.67. The number of methoxy groups -OCH3 is 2. The van der Waals surface area contributed by atoms with Crippen molar-refractivity contribution < 1.29 is 13.9 Å². The van der Waals surface area contributed by atoms with Crippen LogP contribution < -0.4 is 5.32 Å². The van der Waals surface area contributed by atoms with Crippen molar-refractivity contribution in [2.45, 2.75) is 12.8 Å². The van der Waals surface area contributed by atoms with Crippen LogP contribution in [0.4, 0.5) is 10.1 Å². The Morgan fingerprint density at radius 2 is 2.15 bits per heavy atom. The van der Waals surface area contributed by atoms with Gasteiger partial charge < -0.3 is 14.8 Å². The molecule has 0 aliphatic heterocycles. The monoisotopic (exact) mass is 316 g/mol. The molecule has 1 heterocycles. The number of rotatable bonds is 6. The van der Waals surface area contributed by atoms with Gasteiger partial charge in [0.1, 0.15) is 5.82 Å². The third kappa shape index (κ3) is 3.67. The fraction of sp³-hybridized carbons (Fsp3) is 0.308. The lowest BCUT2D eigenvalue weighted by Crippen LogP contribution is -2.09. The summed E-state index contributed by atoms with van der Waals surface area (Å²) in [5, 5.41) is 3.20. The average molecular weight is 317 g/mol. The van der Waals surface area contributed by atoms with E-state index in [4.69, 9.17) is 21.1 Å². The fourth-order valence-corrected chi connectivity index (χ4v) is 2.71. The maximum absolute atomic E-state index is 13.4. The van der Waals surface area contributed by atoms with Crippen LogP contribution in [0.3, 0.4) is 0 Å². The van der Waals surface area contributed by atoms with Crippen LogP contribution in [-0.2, 0) is 16.0 Å². The maximum Gasteiger partial charge on any atom is 0.185 e. The minimum absolute atomic E-state index is 0.342. The van der Waals surface area contributed by atoms with Crippen LogP contribution in [0.15, 0.2) is 24.4 Å². The van der Waals surface area contributed by atoms with Gasteiger partial charge in [0.25, 0.3) is 0 Å². The molecular weight excluding hydrogens is 303 g/mol. The van der Waals surface area contributed by atoms with E-state index in [1.165, 1.54) is 37.7 Å². The summed E-state index contributed by atoms with van der Waals surface area (Å²) >= 11 is 7.17. The summed E-state index contributed by atoms with van der Waals surface area (Å²) in [5.74, 6) is -0.342. The Balaban J connectivity index is 2.17. The maximum atomic E-state index is 13.4. The molecule has 4 nitrogen and oxygen atoms in total. The van der Waals surface area contributed by atoms with Crippen molar-refractivity contribution in [1.82, 2.24) is 4.98 Å². The van der Waals surface area contributed by atoms with Crippen LogP contribution in [0.5, 0.6) is 0 Å². The molecule has 0 fully saturated rings. The molecule has 0 atom stereocenters.